The average molecular weight is 302 g/mol. The first-order chi connectivity index (χ1) is 9.16. The molecule has 4 nitrogen and oxygen atoms in total. The zero-order valence-corrected chi connectivity index (χ0v) is 13.4. The van der Waals surface area contributed by atoms with Gasteiger partial charge in [0.1, 0.15) is 0 Å². The van der Waals surface area contributed by atoms with Gasteiger partial charge in [-0.2, -0.15) is 0 Å². The summed E-state index contributed by atoms with van der Waals surface area (Å²) in [6, 6.07) is 0.528. The third-order valence-electron chi connectivity index (χ3n) is 5.17. The molecule has 3 aliphatic rings. The van der Waals surface area contributed by atoms with E-state index in [0.29, 0.717) is 17.4 Å². The number of carbonyl (C=O) groups is 1. The van der Waals surface area contributed by atoms with Gasteiger partial charge in [-0.1, -0.05) is 6.92 Å². The molecule has 1 amide bonds. The standard InChI is InChI=1S/C15H27N3O.ClH/c1-15(6-7-16-11-15)12-17-9-4-13(5-10-17)18-8-2-3-14(18)19;/h13,16H,2-12H2,1H3;1H. The smallest absolute Gasteiger partial charge is 0.222 e. The van der Waals surface area contributed by atoms with E-state index < -0.39 is 0 Å². The molecule has 3 heterocycles. The summed E-state index contributed by atoms with van der Waals surface area (Å²) in [4.78, 5) is 16.6. The third kappa shape index (κ3) is 3.46. The van der Waals surface area contributed by atoms with Gasteiger partial charge in [-0.3, -0.25) is 4.79 Å². The van der Waals surface area contributed by atoms with Crippen LogP contribution in [0.15, 0.2) is 0 Å². The van der Waals surface area contributed by atoms with Gasteiger partial charge in [-0.25, -0.2) is 0 Å². The fourth-order valence-corrected chi connectivity index (χ4v) is 3.99. The molecule has 20 heavy (non-hydrogen) atoms. The van der Waals surface area contributed by atoms with E-state index in [9.17, 15) is 4.79 Å². The lowest BCUT2D eigenvalue weighted by Crippen LogP contribution is -2.48. The molecule has 0 aliphatic carbocycles. The number of nitrogens with one attached hydrogen (secondary N) is 1. The molecule has 1 N–H and O–H groups in total. The monoisotopic (exact) mass is 301 g/mol. The summed E-state index contributed by atoms with van der Waals surface area (Å²) in [6.45, 7) is 9.32. The topological polar surface area (TPSA) is 35.6 Å². The summed E-state index contributed by atoms with van der Waals surface area (Å²) in [5.41, 5.74) is 0.469. The highest BCUT2D eigenvalue weighted by Crippen LogP contribution is 2.28. The molecule has 0 bridgehead atoms. The minimum Gasteiger partial charge on any atom is -0.340 e. The van der Waals surface area contributed by atoms with Crippen molar-refractivity contribution >= 4 is 18.3 Å². The van der Waals surface area contributed by atoms with Gasteiger partial charge in [0, 0.05) is 45.2 Å². The van der Waals surface area contributed by atoms with Crippen molar-refractivity contribution < 1.29 is 4.79 Å². The maximum Gasteiger partial charge on any atom is 0.222 e. The zero-order valence-electron chi connectivity index (χ0n) is 12.6. The molecule has 1 atom stereocenters. The van der Waals surface area contributed by atoms with E-state index in [0.717, 1.165) is 25.9 Å². The van der Waals surface area contributed by atoms with E-state index >= 15 is 0 Å². The van der Waals surface area contributed by atoms with Crippen molar-refractivity contribution in [2.45, 2.75) is 45.1 Å². The Bertz CT molecular complexity index is 336. The van der Waals surface area contributed by atoms with Crippen molar-refractivity contribution in [1.82, 2.24) is 15.1 Å². The first kappa shape index (κ1) is 16.1. The van der Waals surface area contributed by atoms with Gasteiger partial charge < -0.3 is 15.1 Å². The van der Waals surface area contributed by atoms with Crippen molar-refractivity contribution in [3.05, 3.63) is 0 Å². The summed E-state index contributed by atoms with van der Waals surface area (Å²) in [7, 11) is 0. The molecule has 1 unspecified atom stereocenters. The number of piperidine rings is 1. The van der Waals surface area contributed by atoms with E-state index in [1.807, 2.05) is 0 Å². The second kappa shape index (κ2) is 6.63. The Kier molecular flexibility index (Phi) is 5.32. The molecule has 0 aromatic carbocycles. The van der Waals surface area contributed by atoms with Crippen LogP contribution in [0.2, 0.25) is 0 Å². The van der Waals surface area contributed by atoms with Gasteiger partial charge in [-0.05, 0) is 37.6 Å². The number of hydrogen-bond donors (Lipinski definition) is 1. The first-order valence-corrected chi connectivity index (χ1v) is 7.89. The Hall–Kier alpha value is -0.320. The van der Waals surface area contributed by atoms with Crippen LogP contribution in [-0.4, -0.2) is 61.0 Å². The lowest BCUT2D eigenvalue weighted by molar-refractivity contribution is -0.130. The fraction of sp³-hybridized carbons (Fsp3) is 0.933. The molecule has 0 spiro atoms. The predicted octanol–water partition coefficient (Wildman–Crippen LogP) is 1.49. The zero-order chi connectivity index (χ0) is 13.3. The summed E-state index contributed by atoms with van der Waals surface area (Å²) in [5, 5.41) is 3.48. The van der Waals surface area contributed by atoms with Crippen molar-refractivity contribution in [2.24, 2.45) is 5.41 Å². The molecular formula is C15H28ClN3O. The van der Waals surface area contributed by atoms with E-state index in [1.54, 1.807) is 0 Å². The predicted molar refractivity (Wildman–Crippen MR) is 83.3 cm³/mol. The van der Waals surface area contributed by atoms with Crippen molar-refractivity contribution in [3.8, 4) is 0 Å². The van der Waals surface area contributed by atoms with E-state index in [4.69, 9.17) is 0 Å². The number of nitrogens with zero attached hydrogens (tertiary/aromatic N) is 2. The van der Waals surface area contributed by atoms with Crippen LogP contribution in [-0.2, 0) is 4.79 Å². The normalized spacial score (nSPS) is 32.6. The summed E-state index contributed by atoms with van der Waals surface area (Å²) in [6.07, 6.45) is 5.51. The van der Waals surface area contributed by atoms with Gasteiger partial charge in [0.25, 0.3) is 0 Å². The maximum absolute atomic E-state index is 11.8. The lowest BCUT2D eigenvalue weighted by Gasteiger charge is -2.39. The molecule has 3 rings (SSSR count). The van der Waals surface area contributed by atoms with Crippen LogP contribution < -0.4 is 5.32 Å². The van der Waals surface area contributed by atoms with Crippen molar-refractivity contribution in [1.29, 1.82) is 0 Å². The van der Waals surface area contributed by atoms with E-state index in [-0.39, 0.29) is 12.4 Å². The molecule has 3 aliphatic heterocycles. The molecule has 0 aromatic rings. The molecule has 0 saturated carbocycles. The highest BCUT2D eigenvalue weighted by Gasteiger charge is 2.34. The van der Waals surface area contributed by atoms with Crippen LogP contribution in [0.25, 0.3) is 0 Å². The van der Waals surface area contributed by atoms with E-state index in [1.165, 1.54) is 45.4 Å². The molecule has 3 fully saturated rings. The fourth-order valence-electron chi connectivity index (χ4n) is 3.99. The second-order valence-corrected chi connectivity index (χ2v) is 6.94. The maximum atomic E-state index is 11.8. The summed E-state index contributed by atoms with van der Waals surface area (Å²) in [5.74, 6) is 0.394. The largest absolute Gasteiger partial charge is 0.340 e. The Balaban J connectivity index is 0.00000147. The minimum atomic E-state index is 0. The van der Waals surface area contributed by atoms with Gasteiger partial charge in [-0.15, -0.1) is 12.4 Å². The SMILES string of the molecule is CC1(CN2CCC(N3CCCC3=O)CC2)CCNC1.Cl. The van der Waals surface area contributed by atoms with Crippen molar-refractivity contribution in [2.75, 3.05) is 39.3 Å². The highest BCUT2D eigenvalue weighted by atomic mass is 35.5. The van der Waals surface area contributed by atoms with Gasteiger partial charge in [0.05, 0.1) is 0 Å². The Morgan fingerprint density at radius 1 is 1.30 bits per heavy atom. The highest BCUT2D eigenvalue weighted by molar-refractivity contribution is 5.85. The number of carbonyl (C=O) groups excluding carboxylic acids is 1. The minimum absolute atomic E-state index is 0. The van der Waals surface area contributed by atoms with Crippen molar-refractivity contribution in [3.63, 3.8) is 0 Å². The van der Waals surface area contributed by atoms with Gasteiger partial charge in [0.15, 0.2) is 0 Å². The number of halogens is 1. The number of hydrogen-bond acceptors (Lipinski definition) is 3. The van der Waals surface area contributed by atoms with Crippen LogP contribution in [0.3, 0.4) is 0 Å². The molecule has 116 valence electrons. The Labute approximate surface area is 128 Å². The third-order valence-corrected chi connectivity index (χ3v) is 5.17. The summed E-state index contributed by atoms with van der Waals surface area (Å²) < 4.78 is 0. The first-order valence-electron chi connectivity index (χ1n) is 7.89. The Morgan fingerprint density at radius 3 is 2.60 bits per heavy atom. The van der Waals surface area contributed by atoms with Crippen LogP contribution in [0.4, 0.5) is 0 Å². The number of likely N-dealkylation sites (tertiary alicyclic amines) is 2. The van der Waals surface area contributed by atoms with Crippen LogP contribution in [0, 0.1) is 5.41 Å². The lowest BCUT2D eigenvalue weighted by atomic mass is 9.88. The van der Waals surface area contributed by atoms with Gasteiger partial charge in [0.2, 0.25) is 5.91 Å². The average Bonchev–Trinajstić information content (AvgIpc) is 3.00. The molecule has 0 aromatic heterocycles. The van der Waals surface area contributed by atoms with Crippen LogP contribution in [0.5, 0.6) is 0 Å². The number of rotatable bonds is 3. The van der Waals surface area contributed by atoms with E-state index in [2.05, 4.69) is 22.0 Å². The van der Waals surface area contributed by atoms with Crippen LogP contribution >= 0.6 is 12.4 Å². The molecular weight excluding hydrogens is 274 g/mol. The molecule has 3 saturated heterocycles. The number of amides is 1. The van der Waals surface area contributed by atoms with Crippen LogP contribution in [0.1, 0.15) is 39.0 Å². The quantitative estimate of drug-likeness (QED) is 0.858. The van der Waals surface area contributed by atoms with Gasteiger partial charge >= 0.3 is 0 Å². The second-order valence-electron chi connectivity index (χ2n) is 6.94. The molecule has 5 heteroatoms. The Morgan fingerprint density at radius 2 is 2.05 bits per heavy atom. The molecule has 0 radical (unpaired) electrons. The summed E-state index contributed by atoms with van der Waals surface area (Å²) >= 11 is 0.